The summed E-state index contributed by atoms with van der Waals surface area (Å²) in [6.45, 7) is 3.36. The van der Waals surface area contributed by atoms with Gasteiger partial charge < -0.3 is 10.4 Å². The third-order valence-electron chi connectivity index (χ3n) is 5.10. The predicted octanol–water partition coefficient (Wildman–Crippen LogP) is 3.81. The van der Waals surface area contributed by atoms with Gasteiger partial charge in [0.2, 0.25) is 5.91 Å². The summed E-state index contributed by atoms with van der Waals surface area (Å²) < 4.78 is 1.46. The van der Waals surface area contributed by atoms with Crippen molar-refractivity contribution < 1.29 is 14.7 Å². The number of carboxylic acids is 1. The van der Waals surface area contributed by atoms with Crippen molar-refractivity contribution in [1.29, 1.82) is 0 Å². The highest BCUT2D eigenvalue weighted by atomic mass is 16.4. The molecule has 142 valence electrons. The van der Waals surface area contributed by atoms with Crippen LogP contribution in [0.3, 0.4) is 0 Å². The molecule has 1 aliphatic carbocycles. The third-order valence-corrected chi connectivity index (χ3v) is 5.10. The number of amides is 1. The summed E-state index contributed by atoms with van der Waals surface area (Å²) in [6.07, 6.45) is 3.57. The van der Waals surface area contributed by atoms with Crippen LogP contribution in [-0.2, 0) is 4.79 Å². The molecule has 2 N–H and O–H groups in total. The van der Waals surface area contributed by atoms with Gasteiger partial charge in [-0.25, -0.2) is 4.79 Å². The Morgan fingerprint density at radius 1 is 1.14 bits per heavy atom. The van der Waals surface area contributed by atoms with Crippen LogP contribution in [0.2, 0.25) is 0 Å². The number of nitrogens with one attached hydrogen (secondary N) is 1. The molecule has 6 nitrogen and oxygen atoms in total. The SMILES string of the molecule is CC(=O)Nc1ccc(-c2c(C(=O)O)c(=O)n3cccc(C)c3c2C2CC2)cc1. The number of hydrogen-bond donors (Lipinski definition) is 2. The molecule has 0 saturated heterocycles. The second-order valence-corrected chi connectivity index (χ2v) is 7.22. The van der Waals surface area contributed by atoms with Crippen LogP contribution in [0, 0.1) is 6.92 Å². The van der Waals surface area contributed by atoms with Crippen LogP contribution >= 0.6 is 0 Å². The average Bonchev–Trinajstić information content (AvgIpc) is 3.47. The van der Waals surface area contributed by atoms with Crippen molar-refractivity contribution in [2.45, 2.75) is 32.6 Å². The highest BCUT2D eigenvalue weighted by molar-refractivity contribution is 5.99. The van der Waals surface area contributed by atoms with Gasteiger partial charge in [-0.3, -0.25) is 14.0 Å². The number of pyridine rings is 2. The standard InChI is InChI=1S/C22H20N2O4/c1-12-4-3-11-24-20(12)18(15-5-6-15)17(19(21(24)26)22(27)28)14-7-9-16(10-8-14)23-13(2)25/h3-4,7-11,15H,5-6H2,1-2H3,(H,23,25)(H,27,28). The van der Waals surface area contributed by atoms with Crippen LogP contribution in [0.4, 0.5) is 5.69 Å². The molecule has 1 fully saturated rings. The summed E-state index contributed by atoms with van der Waals surface area (Å²) in [7, 11) is 0. The Morgan fingerprint density at radius 3 is 2.39 bits per heavy atom. The van der Waals surface area contributed by atoms with E-state index in [2.05, 4.69) is 5.32 Å². The number of carbonyl (C=O) groups is 2. The van der Waals surface area contributed by atoms with Gasteiger partial charge in [-0.1, -0.05) is 18.2 Å². The van der Waals surface area contributed by atoms with Crippen molar-refractivity contribution in [2.75, 3.05) is 5.32 Å². The van der Waals surface area contributed by atoms with Crippen molar-refractivity contribution in [3.8, 4) is 11.1 Å². The van der Waals surface area contributed by atoms with Crippen LogP contribution in [0.15, 0.2) is 47.4 Å². The maximum Gasteiger partial charge on any atom is 0.342 e. The fraction of sp³-hybridized carbons (Fsp3) is 0.227. The minimum absolute atomic E-state index is 0.183. The molecule has 0 radical (unpaired) electrons. The van der Waals surface area contributed by atoms with Gasteiger partial charge in [0.1, 0.15) is 5.56 Å². The number of nitrogens with zero attached hydrogens (tertiary/aromatic N) is 1. The Labute approximate surface area is 161 Å². The lowest BCUT2D eigenvalue weighted by Crippen LogP contribution is -2.25. The smallest absolute Gasteiger partial charge is 0.342 e. The van der Waals surface area contributed by atoms with Gasteiger partial charge in [0.25, 0.3) is 5.56 Å². The third kappa shape index (κ3) is 2.97. The lowest BCUT2D eigenvalue weighted by molar-refractivity contribution is -0.114. The van der Waals surface area contributed by atoms with E-state index >= 15 is 0 Å². The van der Waals surface area contributed by atoms with Gasteiger partial charge >= 0.3 is 5.97 Å². The first-order chi connectivity index (χ1) is 13.4. The van der Waals surface area contributed by atoms with Crippen LogP contribution in [0.1, 0.15) is 47.2 Å². The second-order valence-electron chi connectivity index (χ2n) is 7.22. The molecular formula is C22H20N2O4. The van der Waals surface area contributed by atoms with Crippen LogP contribution in [0.25, 0.3) is 16.6 Å². The molecule has 0 aliphatic heterocycles. The normalized spacial score (nSPS) is 13.5. The lowest BCUT2D eigenvalue weighted by Gasteiger charge is -2.18. The first-order valence-electron chi connectivity index (χ1n) is 9.17. The minimum atomic E-state index is -1.23. The van der Waals surface area contributed by atoms with Gasteiger partial charge in [0.05, 0.1) is 5.52 Å². The maximum atomic E-state index is 13.0. The molecule has 3 aromatic rings. The Balaban J connectivity index is 2.07. The summed E-state index contributed by atoms with van der Waals surface area (Å²) in [4.78, 5) is 36.4. The summed E-state index contributed by atoms with van der Waals surface area (Å²) in [5, 5.41) is 12.6. The lowest BCUT2D eigenvalue weighted by atomic mass is 9.90. The van der Waals surface area contributed by atoms with Crippen molar-refractivity contribution in [1.82, 2.24) is 4.40 Å². The van der Waals surface area contributed by atoms with E-state index in [9.17, 15) is 19.5 Å². The zero-order valence-electron chi connectivity index (χ0n) is 15.7. The molecule has 0 unspecified atom stereocenters. The number of hydrogen-bond acceptors (Lipinski definition) is 3. The number of carboxylic acid groups (broad SMARTS) is 1. The van der Waals surface area contributed by atoms with Crippen molar-refractivity contribution in [3.63, 3.8) is 0 Å². The Kier molecular flexibility index (Phi) is 4.26. The second kappa shape index (κ2) is 6.64. The van der Waals surface area contributed by atoms with Gasteiger partial charge in [0.15, 0.2) is 0 Å². The molecule has 2 heterocycles. The molecule has 1 amide bonds. The van der Waals surface area contributed by atoms with Crippen molar-refractivity contribution >= 4 is 23.1 Å². The maximum absolute atomic E-state index is 13.0. The fourth-order valence-corrected chi connectivity index (χ4v) is 3.80. The molecule has 6 heteroatoms. The number of benzene rings is 1. The number of aryl methyl sites for hydroxylation is 1. The first kappa shape index (κ1) is 18.0. The van der Waals surface area contributed by atoms with E-state index in [1.165, 1.54) is 11.3 Å². The monoisotopic (exact) mass is 376 g/mol. The molecule has 0 bridgehead atoms. The van der Waals surface area contributed by atoms with Crippen LogP contribution in [0.5, 0.6) is 0 Å². The van der Waals surface area contributed by atoms with Crippen molar-refractivity contribution in [2.24, 2.45) is 0 Å². The van der Waals surface area contributed by atoms with E-state index < -0.39 is 11.5 Å². The first-order valence-corrected chi connectivity index (χ1v) is 9.17. The molecule has 1 aliphatic rings. The molecule has 2 aromatic heterocycles. The summed E-state index contributed by atoms with van der Waals surface area (Å²) in [5.74, 6) is -1.18. The molecular weight excluding hydrogens is 356 g/mol. The molecule has 28 heavy (non-hydrogen) atoms. The van der Waals surface area contributed by atoms with Gasteiger partial charge in [-0.15, -0.1) is 0 Å². The molecule has 1 saturated carbocycles. The zero-order chi connectivity index (χ0) is 20.0. The molecule has 0 atom stereocenters. The zero-order valence-corrected chi connectivity index (χ0v) is 15.7. The number of carbonyl (C=O) groups excluding carboxylic acids is 1. The van der Waals surface area contributed by atoms with Crippen LogP contribution in [-0.4, -0.2) is 21.4 Å². The largest absolute Gasteiger partial charge is 0.477 e. The molecule has 0 spiro atoms. The van der Waals surface area contributed by atoms with E-state index in [0.29, 0.717) is 16.8 Å². The minimum Gasteiger partial charge on any atom is -0.477 e. The highest BCUT2D eigenvalue weighted by Gasteiger charge is 2.33. The quantitative estimate of drug-likeness (QED) is 0.725. The number of fused-ring (bicyclic) bond motifs is 1. The average molecular weight is 376 g/mol. The summed E-state index contributed by atoms with van der Waals surface area (Å²) in [6, 6.07) is 10.6. The predicted molar refractivity (Wildman–Crippen MR) is 107 cm³/mol. The Bertz CT molecular complexity index is 1170. The van der Waals surface area contributed by atoms with E-state index in [4.69, 9.17) is 0 Å². The van der Waals surface area contributed by atoms with Crippen molar-refractivity contribution in [3.05, 3.63) is 69.6 Å². The summed E-state index contributed by atoms with van der Waals surface area (Å²) in [5.41, 5.74) is 3.68. The van der Waals surface area contributed by atoms with E-state index in [1.54, 1.807) is 36.5 Å². The van der Waals surface area contributed by atoms with Gasteiger partial charge in [0, 0.05) is 24.4 Å². The summed E-state index contributed by atoms with van der Waals surface area (Å²) >= 11 is 0. The van der Waals surface area contributed by atoms with Gasteiger partial charge in [-0.05, 0) is 60.6 Å². The Morgan fingerprint density at radius 2 is 1.82 bits per heavy atom. The fourth-order valence-electron chi connectivity index (χ4n) is 3.80. The molecule has 1 aromatic carbocycles. The Hall–Kier alpha value is -3.41. The molecule has 4 rings (SSSR count). The van der Waals surface area contributed by atoms with Crippen LogP contribution < -0.4 is 10.9 Å². The van der Waals surface area contributed by atoms with Gasteiger partial charge in [-0.2, -0.15) is 0 Å². The highest BCUT2D eigenvalue weighted by Crippen LogP contribution is 2.47. The van der Waals surface area contributed by atoms with E-state index in [-0.39, 0.29) is 17.4 Å². The number of rotatable bonds is 4. The topological polar surface area (TPSA) is 87.9 Å². The number of anilines is 1. The number of aromatic carboxylic acids is 1. The van der Waals surface area contributed by atoms with E-state index in [1.807, 2.05) is 13.0 Å². The number of aromatic nitrogens is 1. The van der Waals surface area contributed by atoms with E-state index in [0.717, 1.165) is 29.5 Å².